The Labute approximate surface area is 130 Å². The van der Waals surface area contributed by atoms with Crippen molar-refractivity contribution in [3.63, 3.8) is 0 Å². The van der Waals surface area contributed by atoms with Crippen molar-refractivity contribution in [3.8, 4) is 5.75 Å². The van der Waals surface area contributed by atoms with Crippen molar-refractivity contribution in [2.24, 2.45) is 5.73 Å². The summed E-state index contributed by atoms with van der Waals surface area (Å²) in [6, 6.07) is 10.4. The van der Waals surface area contributed by atoms with E-state index in [1.807, 2.05) is 24.4 Å². The second-order valence-corrected chi connectivity index (χ2v) is 6.18. The lowest BCUT2D eigenvalue weighted by Crippen LogP contribution is -2.21. The average molecular weight is 302 g/mol. The topological polar surface area (TPSA) is 48.1 Å². The van der Waals surface area contributed by atoms with Crippen LogP contribution in [0.5, 0.6) is 5.75 Å². The summed E-state index contributed by atoms with van der Waals surface area (Å²) in [5.41, 5.74) is 8.39. The van der Waals surface area contributed by atoms with Gasteiger partial charge in [-0.25, -0.2) is 4.98 Å². The van der Waals surface area contributed by atoms with Crippen LogP contribution in [0.4, 0.5) is 0 Å². The number of benzene rings is 1. The van der Waals surface area contributed by atoms with Gasteiger partial charge in [0.1, 0.15) is 10.8 Å². The summed E-state index contributed by atoms with van der Waals surface area (Å²) in [6.07, 6.45) is 3.80. The van der Waals surface area contributed by atoms with Crippen LogP contribution in [0.2, 0.25) is 0 Å². The molecule has 2 aromatic rings. The molecule has 1 unspecified atom stereocenters. The molecule has 0 aliphatic heterocycles. The predicted molar refractivity (Wildman–Crippen MR) is 88.1 cm³/mol. The molecule has 1 atom stereocenters. The fourth-order valence-electron chi connectivity index (χ4n) is 2.06. The first kappa shape index (κ1) is 15.9. The van der Waals surface area contributed by atoms with Crippen molar-refractivity contribution < 1.29 is 4.74 Å². The molecule has 2 rings (SSSR count). The molecule has 1 aromatic heterocycles. The lowest BCUT2D eigenvalue weighted by molar-refractivity contribution is 0.413. The van der Waals surface area contributed by atoms with Gasteiger partial charge in [-0.3, -0.25) is 0 Å². The molecule has 21 heavy (non-hydrogen) atoms. The first-order valence-electron chi connectivity index (χ1n) is 7.15. The molecule has 0 amide bonds. The Morgan fingerprint density at radius 3 is 2.81 bits per heavy atom. The van der Waals surface area contributed by atoms with Gasteiger partial charge in [0.15, 0.2) is 0 Å². The van der Waals surface area contributed by atoms with Gasteiger partial charge in [0.05, 0.1) is 7.11 Å². The van der Waals surface area contributed by atoms with Gasteiger partial charge in [-0.15, -0.1) is 0 Å². The van der Waals surface area contributed by atoms with Gasteiger partial charge in [0.2, 0.25) is 0 Å². The van der Waals surface area contributed by atoms with E-state index >= 15 is 0 Å². The maximum Gasteiger partial charge on any atom is 0.119 e. The van der Waals surface area contributed by atoms with Gasteiger partial charge in [0, 0.05) is 17.1 Å². The van der Waals surface area contributed by atoms with Crippen LogP contribution in [0, 0.1) is 6.92 Å². The Hall–Kier alpha value is -1.52. The molecule has 0 saturated carbocycles. The van der Waals surface area contributed by atoms with Crippen molar-refractivity contribution >= 4 is 11.8 Å². The third-order valence-corrected chi connectivity index (χ3v) is 4.48. The molecular weight excluding hydrogens is 280 g/mol. The number of ether oxygens (including phenoxy) is 1. The Morgan fingerprint density at radius 1 is 1.33 bits per heavy atom. The molecule has 0 saturated heterocycles. The highest BCUT2D eigenvalue weighted by atomic mass is 32.2. The van der Waals surface area contributed by atoms with Crippen molar-refractivity contribution in [1.82, 2.24) is 4.98 Å². The lowest BCUT2D eigenvalue weighted by Gasteiger charge is -2.11. The number of aromatic nitrogens is 1. The Morgan fingerprint density at radius 2 is 2.14 bits per heavy atom. The number of rotatable bonds is 6. The minimum absolute atomic E-state index is 0.211. The van der Waals surface area contributed by atoms with E-state index in [1.54, 1.807) is 18.9 Å². The number of hydrogen-bond acceptors (Lipinski definition) is 4. The van der Waals surface area contributed by atoms with Gasteiger partial charge in [0.25, 0.3) is 0 Å². The molecule has 0 bridgehead atoms. The fourth-order valence-corrected chi connectivity index (χ4v) is 2.93. The van der Waals surface area contributed by atoms with E-state index < -0.39 is 0 Å². The molecule has 0 radical (unpaired) electrons. The average Bonchev–Trinajstić information content (AvgIpc) is 2.50. The highest BCUT2D eigenvalue weighted by Gasteiger charge is 2.07. The first-order chi connectivity index (χ1) is 10.1. The zero-order valence-corrected chi connectivity index (χ0v) is 13.6. The van der Waals surface area contributed by atoms with E-state index in [-0.39, 0.29) is 6.04 Å². The van der Waals surface area contributed by atoms with Crippen LogP contribution in [0.3, 0.4) is 0 Å². The van der Waals surface area contributed by atoms with Crippen LogP contribution < -0.4 is 10.5 Å². The number of pyridine rings is 1. The quantitative estimate of drug-likeness (QED) is 0.881. The number of nitrogens with zero attached hydrogens (tertiary/aromatic N) is 1. The highest BCUT2D eigenvalue weighted by molar-refractivity contribution is 7.99. The zero-order chi connectivity index (χ0) is 15.2. The molecule has 112 valence electrons. The number of nitrogens with two attached hydrogens (primary N) is 1. The summed E-state index contributed by atoms with van der Waals surface area (Å²) < 4.78 is 5.25. The molecule has 2 N–H and O–H groups in total. The summed E-state index contributed by atoms with van der Waals surface area (Å²) in [7, 11) is 1.68. The summed E-state index contributed by atoms with van der Waals surface area (Å²) in [4.78, 5) is 5.71. The monoisotopic (exact) mass is 302 g/mol. The molecule has 4 heteroatoms. The van der Waals surface area contributed by atoms with Crippen molar-refractivity contribution in [2.45, 2.75) is 42.7 Å². The van der Waals surface area contributed by atoms with Crippen LogP contribution in [0.15, 0.2) is 46.5 Å². The van der Waals surface area contributed by atoms with Crippen molar-refractivity contribution in [3.05, 3.63) is 47.7 Å². The normalized spacial score (nSPS) is 12.2. The number of methoxy groups -OCH3 is 1. The summed E-state index contributed by atoms with van der Waals surface area (Å²) in [6.45, 7) is 4.20. The predicted octanol–water partition coefficient (Wildman–Crippen LogP) is 3.83. The third kappa shape index (κ3) is 4.48. The molecule has 0 spiro atoms. The standard InChI is InChI=1S/C17H22N2OS/c1-4-14(18)9-13-8-12(2)17(19-11-13)21-16-7-5-6-15(10-16)20-3/h5-8,10-11,14H,4,9,18H2,1-3H3. The summed E-state index contributed by atoms with van der Waals surface area (Å²) in [5, 5.41) is 1.03. The SMILES string of the molecule is CCC(N)Cc1cnc(Sc2cccc(OC)c2)c(C)c1. The van der Waals surface area contributed by atoms with E-state index in [0.717, 1.165) is 28.5 Å². The van der Waals surface area contributed by atoms with Gasteiger partial charge in [-0.1, -0.05) is 30.8 Å². The van der Waals surface area contributed by atoms with Crippen molar-refractivity contribution in [2.75, 3.05) is 7.11 Å². The summed E-state index contributed by atoms with van der Waals surface area (Å²) in [5.74, 6) is 0.864. The van der Waals surface area contributed by atoms with Crippen molar-refractivity contribution in [1.29, 1.82) is 0 Å². The van der Waals surface area contributed by atoms with Crippen LogP contribution in [0.25, 0.3) is 0 Å². The van der Waals surface area contributed by atoms with E-state index in [1.165, 1.54) is 11.1 Å². The highest BCUT2D eigenvalue weighted by Crippen LogP contribution is 2.31. The van der Waals surface area contributed by atoms with Gasteiger partial charge in [-0.05, 0) is 49.1 Å². The maximum atomic E-state index is 6.00. The largest absolute Gasteiger partial charge is 0.497 e. The molecular formula is C17H22N2OS. The summed E-state index contributed by atoms with van der Waals surface area (Å²) >= 11 is 1.65. The molecule has 1 heterocycles. The van der Waals surface area contributed by atoms with Crippen LogP contribution in [-0.4, -0.2) is 18.1 Å². The van der Waals surface area contributed by atoms with E-state index in [0.29, 0.717) is 0 Å². The van der Waals surface area contributed by atoms with E-state index in [9.17, 15) is 0 Å². The van der Waals surface area contributed by atoms with Gasteiger partial charge >= 0.3 is 0 Å². The lowest BCUT2D eigenvalue weighted by atomic mass is 10.1. The zero-order valence-electron chi connectivity index (χ0n) is 12.8. The minimum Gasteiger partial charge on any atom is -0.497 e. The molecule has 0 aliphatic rings. The first-order valence-corrected chi connectivity index (χ1v) is 7.97. The third-order valence-electron chi connectivity index (χ3n) is 3.36. The number of hydrogen-bond donors (Lipinski definition) is 1. The Bertz CT molecular complexity index is 601. The van der Waals surface area contributed by atoms with Crippen LogP contribution in [0.1, 0.15) is 24.5 Å². The second-order valence-electron chi connectivity index (χ2n) is 5.12. The Balaban J connectivity index is 2.13. The molecule has 0 aliphatic carbocycles. The molecule has 1 aromatic carbocycles. The Kier molecular flexibility index (Phi) is 5.65. The van der Waals surface area contributed by atoms with Gasteiger partial charge < -0.3 is 10.5 Å². The van der Waals surface area contributed by atoms with Gasteiger partial charge in [-0.2, -0.15) is 0 Å². The second kappa shape index (κ2) is 7.48. The molecule has 0 fully saturated rings. The van der Waals surface area contributed by atoms with E-state index in [2.05, 4.69) is 31.0 Å². The smallest absolute Gasteiger partial charge is 0.119 e. The van der Waals surface area contributed by atoms with Crippen LogP contribution >= 0.6 is 11.8 Å². The minimum atomic E-state index is 0.211. The molecule has 3 nitrogen and oxygen atoms in total. The maximum absolute atomic E-state index is 6.00. The van der Waals surface area contributed by atoms with Crippen LogP contribution in [-0.2, 0) is 6.42 Å². The van der Waals surface area contributed by atoms with E-state index in [4.69, 9.17) is 10.5 Å². The number of aryl methyl sites for hydroxylation is 1. The fraction of sp³-hybridized carbons (Fsp3) is 0.353.